The van der Waals surface area contributed by atoms with Gasteiger partial charge < -0.3 is 10.1 Å². The number of ether oxygens (including phenoxy) is 1. The van der Waals surface area contributed by atoms with E-state index in [0.717, 1.165) is 11.8 Å². The molecule has 1 aromatic rings. The first-order valence-electron chi connectivity index (χ1n) is 5.98. The largest absolute Gasteiger partial charge is 0.483 e. The van der Waals surface area contributed by atoms with Crippen LogP contribution in [0.4, 0.5) is 0 Å². The lowest BCUT2D eigenvalue weighted by Crippen LogP contribution is -2.31. The van der Waals surface area contributed by atoms with Gasteiger partial charge in [-0.3, -0.25) is 9.59 Å². The monoisotopic (exact) mass is 249 g/mol. The normalized spacial score (nSPS) is 10.2. The zero-order valence-corrected chi connectivity index (χ0v) is 11.0. The average Bonchev–Trinajstić information content (AvgIpc) is 2.34. The number of benzene rings is 1. The number of carbonyl (C=O) groups excluding carboxylic acids is 2. The van der Waals surface area contributed by atoms with Crippen LogP contribution in [-0.2, 0) is 4.79 Å². The molecule has 0 saturated heterocycles. The third kappa shape index (κ3) is 4.57. The van der Waals surface area contributed by atoms with Crippen molar-refractivity contribution in [2.45, 2.75) is 20.8 Å². The molecule has 1 rings (SSSR count). The van der Waals surface area contributed by atoms with Crippen molar-refractivity contribution >= 4 is 12.2 Å². The molecule has 0 aliphatic rings. The molecule has 0 spiro atoms. The van der Waals surface area contributed by atoms with E-state index in [4.69, 9.17) is 4.74 Å². The van der Waals surface area contributed by atoms with Crippen molar-refractivity contribution in [1.82, 2.24) is 5.32 Å². The molecule has 0 heterocycles. The Kier molecular flexibility index (Phi) is 5.36. The van der Waals surface area contributed by atoms with E-state index in [0.29, 0.717) is 23.8 Å². The number of aryl methyl sites for hydroxylation is 1. The number of amides is 1. The fourth-order valence-electron chi connectivity index (χ4n) is 1.40. The summed E-state index contributed by atoms with van der Waals surface area (Å²) in [5, 5.41) is 2.75. The lowest BCUT2D eigenvalue weighted by Gasteiger charge is -2.10. The van der Waals surface area contributed by atoms with E-state index in [1.807, 2.05) is 26.8 Å². The minimum atomic E-state index is -0.180. The van der Waals surface area contributed by atoms with Gasteiger partial charge in [-0.25, -0.2) is 0 Å². The Balaban J connectivity index is 2.53. The van der Waals surface area contributed by atoms with Crippen LogP contribution in [0, 0.1) is 12.8 Å². The summed E-state index contributed by atoms with van der Waals surface area (Å²) in [6, 6.07) is 5.28. The van der Waals surface area contributed by atoms with Gasteiger partial charge in [0.15, 0.2) is 12.9 Å². The van der Waals surface area contributed by atoms with E-state index in [-0.39, 0.29) is 12.5 Å². The number of hydrogen-bond acceptors (Lipinski definition) is 3. The third-order valence-electron chi connectivity index (χ3n) is 2.36. The quantitative estimate of drug-likeness (QED) is 0.784. The molecular formula is C14H19NO3. The molecule has 1 N–H and O–H groups in total. The lowest BCUT2D eigenvalue weighted by atomic mass is 10.1. The van der Waals surface area contributed by atoms with E-state index in [9.17, 15) is 9.59 Å². The SMILES string of the molecule is Cc1ccc(OCC(=O)NCC(C)C)c(C=O)c1. The van der Waals surface area contributed by atoms with Crippen molar-refractivity contribution < 1.29 is 14.3 Å². The summed E-state index contributed by atoms with van der Waals surface area (Å²) in [6.45, 7) is 6.48. The molecule has 4 nitrogen and oxygen atoms in total. The van der Waals surface area contributed by atoms with Crippen molar-refractivity contribution in [2.75, 3.05) is 13.2 Å². The van der Waals surface area contributed by atoms with Gasteiger partial charge in [0.1, 0.15) is 5.75 Å². The first-order valence-corrected chi connectivity index (χ1v) is 5.98. The van der Waals surface area contributed by atoms with Gasteiger partial charge in [0.05, 0.1) is 5.56 Å². The van der Waals surface area contributed by atoms with Gasteiger partial charge in [0.25, 0.3) is 5.91 Å². The Labute approximate surface area is 107 Å². The Hall–Kier alpha value is -1.84. The molecule has 4 heteroatoms. The molecule has 0 unspecified atom stereocenters. The molecule has 0 atom stereocenters. The second-order valence-electron chi connectivity index (χ2n) is 4.65. The van der Waals surface area contributed by atoms with Gasteiger partial charge in [-0.15, -0.1) is 0 Å². The third-order valence-corrected chi connectivity index (χ3v) is 2.36. The van der Waals surface area contributed by atoms with Crippen LogP contribution in [0.25, 0.3) is 0 Å². The number of aldehydes is 1. The van der Waals surface area contributed by atoms with Gasteiger partial charge in [-0.1, -0.05) is 25.5 Å². The molecule has 0 aliphatic heterocycles. The molecule has 0 bridgehead atoms. The summed E-state index contributed by atoms with van der Waals surface area (Å²) in [7, 11) is 0. The van der Waals surface area contributed by atoms with Crippen LogP contribution < -0.4 is 10.1 Å². The zero-order valence-electron chi connectivity index (χ0n) is 11.0. The maximum atomic E-state index is 11.5. The maximum absolute atomic E-state index is 11.5. The van der Waals surface area contributed by atoms with Crippen molar-refractivity contribution in [3.63, 3.8) is 0 Å². The first-order chi connectivity index (χ1) is 8.52. The van der Waals surface area contributed by atoms with Gasteiger partial charge >= 0.3 is 0 Å². The van der Waals surface area contributed by atoms with Gasteiger partial charge in [0.2, 0.25) is 0 Å². The highest BCUT2D eigenvalue weighted by atomic mass is 16.5. The smallest absolute Gasteiger partial charge is 0.257 e. The molecule has 0 aromatic heterocycles. The van der Waals surface area contributed by atoms with Crippen LogP contribution in [0.1, 0.15) is 29.8 Å². The first kappa shape index (κ1) is 14.2. The summed E-state index contributed by atoms with van der Waals surface area (Å²) < 4.78 is 5.33. The van der Waals surface area contributed by atoms with E-state index in [2.05, 4.69) is 5.32 Å². The Morgan fingerprint density at radius 3 is 2.78 bits per heavy atom. The summed E-state index contributed by atoms with van der Waals surface area (Å²) in [5.74, 6) is 0.662. The highest BCUT2D eigenvalue weighted by molar-refractivity contribution is 5.81. The van der Waals surface area contributed by atoms with Gasteiger partial charge in [-0.05, 0) is 25.0 Å². The second kappa shape index (κ2) is 6.79. The van der Waals surface area contributed by atoms with Crippen LogP contribution >= 0.6 is 0 Å². The fraction of sp³-hybridized carbons (Fsp3) is 0.429. The topological polar surface area (TPSA) is 55.4 Å². The van der Waals surface area contributed by atoms with Crippen molar-refractivity contribution in [3.8, 4) is 5.75 Å². The molecule has 1 aromatic carbocycles. The fourth-order valence-corrected chi connectivity index (χ4v) is 1.40. The second-order valence-corrected chi connectivity index (χ2v) is 4.65. The molecule has 18 heavy (non-hydrogen) atoms. The Morgan fingerprint density at radius 1 is 1.44 bits per heavy atom. The number of carbonyl (C=O) groups is 2. The lowest BCUT2D eigenvalue weighted by molar-refractivity contribution is -0.123. The van der Waals surface area contributed by atoms with Gasteiger partial charge in [-0.2, -0.15) is 0 Å². The van der Waals surface area contributed by atoms with Crippen molar-refractivity contribution in [2.24, 2.45) is 5.92 Å². The molecule has 1 amide bonds. The number of hydrogen-bond donors (Lipinski definition) is 1. The summed E-state index contributed by atoms with van der Waals surface area (Å²) >= 11 is 0. The zero-order chi connectivity index (χ0) is 13.5. The van der Waals surface area contributed by atoms with Crippen molar-refractivity contribution in [3.05, 3.63) is 29.3 Å². The van der Waals surface area contributed by atoms with Crippen LogP contribution in [0.2, 0.25) is 0 Å². The summed E-state index contributed by atoms with van der Waals surface area (Å²) in [4.78, 5) is 22.3. The molecule has 0 saturated carbocycles. The van der Waals surface area contributed by atoms with E-state index >= 15 is 0 Å². The highest BCUT2D eigenvalue weighted by Gasteiger charge is 2.07. The maximum Gasteiger partial charge on any atom is 0.257 e. The van der Waals surface area contributed by atoms with Crippen LogP contribution in [0.3, 0.4) is 0 Å². The summed E-state index contributed by atoms with van der Waals surface area (Å²) in [6.07, 6.45) is 0.731. The van der Waals surface area contributed by atoms with E-state index in [1.165, 1.54) is 0 Å². The van der Waals surface area contributed by atoms with Crippen LogP contribution in [-0.4, -0.2) is 25.3 Å². The van der Waals surface area contributed by atoms with Gasteiger partial charge in [0, 0.05) is 6.54 Å². The predicted molar refractivity (Wildman–Crippen MR) is 69.9 cm³/mol. The van der Waals surface area contributed by atoms with Crippen LogP contribution in [0.15, 0.2) is 18.2 Å². The van der Waals surface area contributed by atoms with Crippen molar-refractivity contribution in [1.29, 1.82) is 0 Å². The molecule has 0 radical (unpaired) electrons. The Bertz CT molecular complexity index is 427. The highest BCUT2D eigenvalue weighted by Crippen LogP contribution is 2.17. The standard InChI is InChI=1S/C14H19NO3/c1-10(2)7-15-14(17)9-18-13-5-4-11(3)6-12(13)8-16/h4-6,8,10H,7,9H2,1-3H3,(H,15,17). The van der Waals surface area contributed by atoms with E-state index < -0.39 is 0 Å². The minimum Gasteiger partial charge on any atom is -0.483 e. The molecular weight excluding hydrogens is 230 g/mol. The number of rotatable bonds is 6. The van der Waals surface area contributed by atoms with E-state index in [1.54, 1.807) is 12.1 Å². The minimum absolute atomic E-state index is 0.0728. The van der Waals surface area contributed by atoms with Crippen LogP contribution in [0.5, 0.6) is 5.75 Å². The Morgan fingerprint density at radius 2 is 2.17 bits per heavy atom. The predicted octanol–water partition coefficient (Wildman–Crippen LogP) is 1.96. The molecule has 0 aliphatic carbocycles. The summed E-state index contributed by atoms with van der Waals surface area (Å²) in [5.41, 5.74) is 1.44. The average molecular weight is 249 g/mol. The molecule has 0 fully saturated rings. The number of nitrogens with one attached hydrogen (secondary N) is 1. The molecule has 98 valence electrons.